The molecule has 82 valence electrons. The molecule has 0 aromatic heterocycles. The number of carbonyl (C=O) groups is 1. The molecule has 0 unspecified atom stereocenters. The molecule has 0 saturated heterocycles. The van der Waals surface area contributed by atoms with E-state index in [1.807, 2.05) is 13.0 Å². The fraction of sp³-hybridized carbons (Fsp3) is 0.364. The van der Waals surface area contributed by atoms with Gasteiger partial charge in [-0.2, -0.15) is 0 Å². The topological polar surface area (TPSA) is 55.1 Å². The molecule has 1 aromatic rings. The summed E-state index contributed by atoms with van der Waals surface area (Å²) in [6, 6.07) is 5.42. The minimum atomic E-state index is -0.0224. The molecule has 0 atom stereocenters. The largest absolute Gasteiger partial charge is 0.330 e. The lowest BCUT2D eigenvalue weighted by atomic mass is 10.2. The van der Waals surface area contributed by atoms with E-state index in [1.54, 1.807) is 12.1 Å². The molecule has 3 N–H and O–H groups in total. The predicted molar refractivity (Wildman–Crippen MR) is 63.1 cm³/mol. The van der Waals surface area contributed by atoms with E-state index in [0.29, 0.717) is 24.4 Å². The molecule has 0 fully saturated rings. The maximum Gasteiger partial charge on any atom is 0.224 e. The molecular formula is C11H15ClN2O. The molecule has 15 heavy (non-hydrogen) atoms. The molecule has 0 aliphatic heterocycles. The van der Waals surface area contributed by atoms with E-state index >= 15 is 0 Å². The van der Waals surface area contributed by atoms with E-state index < -0.39 is 0 Å². The first kappa shape index (κ1) is 12.0. The number of rotatable bonds is 4. The van der Waals surface area contributed by atoms with Crippen molar-refractivity contribution < 1.29 is 4.79 Å². The van der Waals surface area contributed by atoms with Crippen LogP contribution in [-0.4, -0.2) is 12.5 Å². The zero-order chi connectivity index (χ0) is 11.3. The Bertz CT molecular complexity index is 352. The van der Waals surface area contributed by atoms with Crippen molar-refractivity contribution in [3.05, 3.63) is 28.8 Å². The lowest BCUT2D eigenvalue weighted by Gasteiger charge is -2.08. The van der Waals surface area contributed by atoms with Gasteiger partial charge in [-0.25, -0.2) is 0 Å². The number of nitrogens with one attached hydrogen (secondary N) is 1. The average molecular weight is 227 g/mol. The second kappa shape index (κ2) is 5.73. The molecule has 3 nitrogen and oxygen atoms in total. The molecule has 1 rings (SSSR count). The first-order valence-corrected chi connectivity index (χ1v) is 5.27. The van der Waals surface area contributed by atoms with Crippen LogP contribution < -0.4 is 11.1 Å². The number of hydrogen-bond acceptors (Lipinski definition) is 2. The number of nitrogens with two attached hydrogens (primary N) is 1. The average Bonchev–Trinajstić information content (AvgIpc) is 2.20. The maximum atomic E-state index is 11.4. The number of carbonyl (C=O) groups excluding carboxylic acids is 1. The molecule has 0 radical (unpaired) electrons. The lowest BCUT2D eigenvalue weighted by Crippen LogP contribution is -2.14. The van der Waals surface area contributed by atoms with Gasteiger partial charge in [-0.05, 0) is 37.6 Å². The number of halogens is 1. The van der Waals surface area contributed by atoms with Crippen molar-refractivity contribution in [1.29, 1.82) is 0 Å². The molecule has 0 heterocycles. The second-order valence-corrected chi connectivity index (χ2v) is 3.84. The first-order chi connectivity index (χ1) is 7.13. The van der Waals surface area contributed by atoms with Crippen molar-refractivity contribution in [2.24, 2.45) is 5.73 Å². The van der Waals surface area contributed by atoms with Crippen molar-refractivity contribution >= 4 is 23.2 Å². The fourth-order valence-corrected chi connectivity index (χ4v) is 1.38. The van der Waals surface area contributed by atoms with Gasteiger partial charge in [0.2, 0.25) is 5.91 Å². The molecule has 0 bridgehead atoms. The Morgan fingerprint density at radius 3 is 2.93 bits per heavy atom. The van der Waals surface area contributed by atoms with Gasteiger partial charge in [-0.1, -0.05) is 17.7 Å². The Kier molecular flexibility index (Phi) is 4.59. The summed E-state index contributed by atoms with van der Waals surface area (Å²) < 4.78 is 0. The Morgan fingerprint density at radius 1 is 1.53 bits per heavy atom. The second-order valence-electron chi connectivity index (χ2n) is 3.40. The molecule has 1 aromatic carbocycles. The smallest absolute Gasteiger partial charge is 0.224 e. The quantitative estimate of drug-likeness (QED) is 0.828. The summed E-state index contributed by atoms with van der Waals surface area (Å²) in [5.74, 6) is -0.0224. The predicted octanol–water partition coefficient (Wildman–Crippen LogP) is 2.33. The van der Waals surface area contributed by atoms with E-state index in [4.69, 9.17) is 17.3 Å². The minimum absolute atomic E-state index is 0.0224. The monoisotopic (exact) mass is 226 g/mol. The number of anilines is 1. The summed E-state index contributed by atoms with van der Waals surface area (Å²) in [5, 5.41) is 3.43. The molecule has 0 aliphatic rings. The van der Waals surface area contributed by atoms with Crippen molar-refractivity contribution in [1.82, 2.24) is 0 Å². The van der Waals surface area contributed by atoms with Crippen LogP contribution in [0.2, 0.25) is 5.02 Å². The number of hydrogen-bond donors (Lipinski definition) is 2. The Hall–Kier alpha value is -1.06. The Balaban J connectivity index is 2.63. The third-order valence-electron chi connectivity index (χ3n) is 2.08. The van der Waals surface area contributed by atoms with Crippen molar-refractivity contribution in [2.75, 3.05) is 11.9 Å². The van der Waals surface area contributed by atoms with Crippen molar-refractivity contribution in [2.45, 2.75) is 19.8 Å². The van der Waals surface area contributed by atoms with Gasteiger partial charge in [0.05, 0.1) is 0 Å². The van der Waals surface area contributed by atoms with Crippen LogP contribution in [0.3, 0.4) is 0 Å². The Morgan fingerprint density at radius 2 is 2.27 bits per heavy atom. The molecule has 1 amide bonds. The van der Waals surface area contributed by atoms with Gasteiger partial charge in [-0.3, -0.25) is 4.79 Å². The summed E-state index contributed by atoms with van der Waals surface area (Å²) >= 11 is 5.83. The van der Waals surface area contributed by atoms with Crippen LogP contribution in [0, 0.1) is 6.92 Å². The van der Waals surface area contributed by atoms with E-state index in [2.05, 4.69) is 5.32 Å². The summed E-state index contributed by atoms with van der Waals surface area (Å²) in [7, 11) is 0. The Labute approximate surface area is 94.6 Å². The molecule has 0 aliphatic carbocycles. The van der Waals surface area contributed by atoms with Crippen LogP contribution >= 0.6 is 11.6 Å². The van der Waals surface area contributed by atoms with Gasteiger partial charge >= 0.3 is 0 Å². The molecular weight excluding hydrogens is 212 g/mol. The van der Waals surface area contributed by atoms with Gasteiger partial charge in [-0.15, -0.1) is 0 Å². The maximum absolute atomic E-state index is 11.4. The third-order valence-corrected chi connectivity index (χ3v) is 2.32. The van der Waals surface area contributed by atoms with Gasteiger partial charge < -0.3 is 11.1 Å². The van der Waals surface area contributed by atoms with Gasteiger partial charge in [0, 0.05) is 17.1 Å². The van der Waals surface area contributed by atoms with Crippen LogP contribution in [0.1, 0.15) is 18.4 Å². The number of aryl methyl sites for hydroxylation is 1. The first-order valence-electron chi connectivity index (χ1n) is 4.89. The van der Waals surface area contributed by atoms with Gasteiger partial charge in [0.15, 0.2) is 0 Å². The van der Waals surface area contributed by atoms with Crippen molar-refractivity contribution in [3.63, 3.8) is 0 Å². The van der Waals surface area contributed by atoms with Gasteiger partial charge in [0.25, 0.3) is 0 Å². The lowest BCUT2D eigenvalue weighted by molar-refractivity contribution is -0.116. The highest BCUT2D eigenvalue weighted by Gasteiger charge is 2.04. The van der Waals surface area contributed by atoms with Crippen molar-refractivity contribution in [3.8, 4) is 0 Å². The molecule has 4 heteroatoms. The molecule has 0 spiro atoms. The summed E-state index contributed by atoms with van der Waals surface area (Å²) in [6.07, 6.45) is 1.15. The van der Waals surface area contributed by atoms with Gasteiger partial charge in [0.1, 0.15) is 0 Å². The standard InChI is InChI=1S/C11H15ClN2O/c1-8-4-5-9(12)7-10(8)14-11(15)3-2-6-13/h4-5,7H,2-3,6,13H2,1H3,(H,14,15). The minimum Gasteiger partial charge on any atom is -0.330 e. The highest BCUT2D eigenvalue weighted by atomic mass is 35.5. The van der Waals surface area contributed by atoms with Crippen LogP contribution in [0.4, 0.5) is 5.69 Å². The molecule has 0 saturated carbocycles. The van der Waals surface area contributed by atoms with E-state index in [0.717, 1.165) is 11.3 Å². The highest BCUT2D eigenvalue weighted by Crippen LogP contribution is 2.20. The van der Waals surface area contributed by atoms with Crippen LogP contribution in [0.5, 0.6) is 0 Å². The van der Waals surface area contributed by atoms with E-state index in [9.17, 15) is 4.79 Å². The third kappa shape index (κ3) is 3.90. The number of amides is 1. The summed E-state index contributed by atoms with van der Waals surface area (Å²) in [5.41, 5.74) is 7.09. The fourth-order valence-electron chi connectivity index (χ4n) is 1.20. The van der Waals surface area contributed by atoms with Crippen LogP contribution in [-0.2, 0) is 4.79 Å². The van der Waals surface area contributed by atoms with Crippen LogP contribution in [0.15, 0.2) is 18.2 Å². The van der Waals surface area contributed by atoms with E-state index in [-0.39, 0.29) is 5.91 Å². The summed E-state index contributed by atoms with van der Waals surface area (Å²) in [4.78, 5) is 11.4. The highest BCUT2D eigenvalue weighted by molar-refractivity contribution is 6.31. The normalized spacial score (nSPS) is 10.1. The van der Waals surface area contributed by atoms with E-state index in [1.165, 1.54) is 0 Å². The zero-order valence-corrected chi connectivity index (χ0v) is 9.47. The summed E-state index contributed by atoms with van der Waals surface area (Å²) in [6.45, 7) is 2.46. The zero-order valence-electron chi connectivity index (χ0n) is 8.72. The SMILES string of the molecule is Cc1ccc(Cl)cc1NC(=O)CCCN. The number of benzene rings is 1. The van der Waals surface area contributed by atoms with Crippen LogP contribution in [0.25, 0.3) is 0 Å².